The average Bonchev–Trinajstić information content (AvgIpc) is 3.22. The van der Waals surface area contributed by atoms with Crippen LogP contribution >= 0.6 is 0 Å². The summed E-state index contributed by atoms with van der Waals surface area (Å²) in [7, 11) is 0. The van der Waals surface area contributed by atoms with Crippen molar-refractivity contribution >= 4 is 17.9 Å². The standard InChI is InChI=1S/C53H102O6/c1-7-48(5)40-34-28-22-19-20-24-31-37-43-52(55)58-46-50(59-53(56)44-38-32-26-25-29-35-41-49(6)8-2)45-57-51(54)42-36-30-23-18-16-14-12-10-9-11-13-15-17-21-27-33-39-47(3)4/h47-50H,7-46H2,1-6H3/t48?,49?,50-/m1/s1. The van der Waals surface area contributed by atoms with Crippen molar-refractivity contribution in [3.63, 3.8) is 0 Å². The second kappa shape index (κ2) is 44.5. The highest BCUT2D eigenvalue weighted by Crippen LogP contribution is 2.18. The van der Waals surface area contributed by atoms with E-state index in [4.69, 9.17) is 14.2 Å². The van der Waals surface area contributed by atoms with E-state index in [-0.39, 0.29) is 31.1 Å². The Bertz CT molecular complexity index is 918. The average molecular weight is 835 g/mol. The summed E-state index contributed by atoms with van der Waals surface area (Å²) in [6.45, 7) is 13.7. The molecule has 0 saturated carbocycles. The van der Waals surface area contributed by atoms with Gasteiger partial charge in [0.15, 0.2) is 6.10 Å². The fourth-order valence-corrected chi connectivity index (χ4v) is 7.87. The lowest BCUT2D eigenvalue weighted by Crippen LogP contribution is -2.30. The molecule has 0 fully saturated rings. The third-order valence-corrected chi connectivity index (χ3v) is 12.6. The number of carbonyl (C=O) groups excluding carboxylic acids is 3. The molecule has 0 rings (SSSR count). The highest BCUT2D eigenvalue weighted by molar-refractivity contribution is 5.71. The molecule has 2 unspecified atom stereocenters. The van der Waals surface area contributed by atoms with Gasteiger partial charge in [0, 0.05) is 19.3 Å². The fraction of sp³-hybridized carbons (Fsp3) is 0.943. The molecule has 3 atom stereocenters. The molecule has 0 aromatic heterocycles. The lowest BCUT2D eigenvalue weighted by Gasteiger charge is -2.18. The van der Waals surface area contributed by atoms with Gasteiger partial charge in [-0.05, 0) is 37.0 Å². The number of ether oxygens (including phenoxy) is 3. The highest BCUT2D eigenvalue weighted by Gasteiger charge is 2.19. The summed E-state index contributed by atoms with van der Waals surface area (Å²) < 4.78 is 16.8. The molecule has 0 amide bonds. The van der Waals surface area contributed by atoms with E-state index in [1.54, 1.807) is 0 Å². The Morgan fingerprint density at radius 2 is 0.593 bits per heavy atom. The molecule has 350 valence electrons. The van der Waals surface area contributed by atoms with E-state index >= 15 is 0 Å². The van der Waals surface area contributed by atoms with E-state index in [9.17, 15) is 14.4 Å². The van der Waals surface area contributed by atoms with Crippen LogP contribution in [0.2, 0.25) is 0 Å². The molecule has 0 aliphatic carbocycles. The Kier molecular flexibility index (Phi) is 43.3. The largest absolute Gasteiger partial charge is 0.462 e. The van der Waals surface area contributed by atoms with Crippen molar-refractivity contribution in [2.75, 3.05) is 13.2 Å². The predicted molar refractivity (Wildman–Crippen MR) is 252 cm³/mol. The summed E-state index contributed by atoms with van der Waals surface area (Å²) in [5.41, 5.74) is 0. The third-order valence-electron chi connectivity index (χ3n) is 12.6. The summed E-state index contributed by atoms with van der Waals surface area (Å²) in [4.78, 5) is 37.9. The maximum atomic E-state index is 12.7. The number of hydrogen-bond acceptors (Lipinski definition) is 6. The van der Waals surface area contributed by atoms with Crippen LogP contribution in [0, 0.1) is 17.8 Å². The minimum absolute atomic E-state index is 0.0656. The van der Waals surface area contributed by atoms with Gasteiger partial charge in [-0.3, -0.25) is 14.4 Å². The predicted octanol–water partition coefficient (Wildman–Crippen LogP) is 16.8. The minimum Gasteiger partial charge on any atom is -0.462 e. The van der Waals surface area contributed by atoms with Crippen molar-refractivity contribution in [2.45, 2.75) is 292 Å². The van der Waals surface area contributed by atoms with Crippen molar-refractivity contribution in [3.05, 3.63) is 0 Å². The Hall–Kier alpha value is -1.59. The molecular weight excluding hydrogens is 733 g/mol. The van der Waals surface area contributed by atoms with Gasteiger partial charge in [-0.25, -0.2) is 0 Å². The van der Waals surface area contributed by atoms with Gasteiger partial charge in [0.1, 0.15) is 13.2 Å². The van der Waals surface area contributed by atoms with Crippen molar-refractivity contribution in [3.8, 4) is 0 Å². The first-order valence-electron chi connectivity index (χ1n) is 26.2. The van der Waals surface area contributed by atoms with Gasteiger partial charge in [0.25, 0.3) is 0 Å². The third kappa shape index (κ3) is 44.3. The molecule has 0 spiro atoms. The van der Waals surface area contributed by atoms with Crippen LogP contribution in [0.5, 0.6) is 0 Å². The molecular formula is C53H102O6. The summed E-state index contributed by atoms with van der Waals surface area (Å²) in [6.07, 6.45) is 43.8. The van der Waals surface area contributed by atoms with E-state index in [1.807, 2.05) is 0 Å². The fourth-order valence-electron chi connectivity index (χ4n) is 7.87. The quantitative estimate of drug-likeness (QED) is 0.0345. The zero-order valence-electron chi connectivity index (χ0n) is 40.5. The monoisotopic (exact) mass is 835 g/mol. The van der Waals surface area contributed by atoms with Gasteiger partial charge in [-0.15, -0.1) is 0 Å². The SMILES string of the molecule is CCC(C)CCCCCCCCCCC(=O)OC[C@@H](COC(=O)CCCCCCCCCCCCCCCCCCC(C)C)OC(=O)CCCCCCCCC(C)CC. The number of carbonyl (C=O) groups is 3. The first-order chi connectivity index (χ1) is 28.7. The second-order valence-electron chi connectivity index (χ2n) is 19.1. The van der Waals surface area contributed by atoms with Gasteiger partial charge in [0.05, 0.1) is 0 Å². The summed E-state index contributed by atoms with van der Waals surface area (Å²) in [5.74, 6) is 1.65. The van der Waals surface area contributed by atoms with Crippen molar-refractivity contribution in [2.24, 2.45) is 17.8 Å². The van der Waals surface area contributed by atoms with Gasteiger partial charge >= 0.3 is 17.9 Å². The van der Waals surface area contributed by atoms with Crippen LogP contribution in [-0.2, 0) is 28.6 Å². The molecule has 0 saturated heterocycles. The van der Waals surface area contributed by atoms with Crippen LogP contribution in [0.15, 0.2) is 0 Å². The maximum absolute atomic E-state index is 12.7. The van der Waals surface area contributed by atoms with Crippen LogP contribution in [0.25, 0.3) is 0 Å². The van der Waals surface area contributed by atoms with Gasteiger partial charge < -0.3 is 14.2 Å². The Morgan fingerprint density at radius 3 is 0.881 bits per heavy atom. The summed E-state index contributed by atoms with van der Waals surface area (Å²) in [5, 5.41) is 0. The Morgan fingerprint density at radius 1 is 0.339 bits per heavy atom. The highest BCUT2D eigenvalue weighted by atomic mass is 16.6. The first-order valence-corrected chi connectivity index (χ1v) is 26.2. The zero-order valence-corrected chi connectivity index (χ0v) is 40.5. The van der Waals surface area contributed by atoms with Gasteiger partial charge in [0.2, 0.25) is 0 Å². The lowest BCUT2D eigenvalue weighted by atomic mass is 9.99. The second-order valence-corrected chi connectivity index (χ2v) is 19.1. The molecule has 0 aliphatic heterocycles. The normalized spacial score (nSPS) is 13.1. The molecule has 0 heterocycles. The number of hydrogen-bond donors (Lipinski definition) is 0. The molecule has 0 aromatic rings. The molecule has 0 aromatic carbocycles. The molecule has 0 bridgehead atoms. The molecule has 0 N–H and O–H groups in total. The molecule has 6 nitrogen and oxygen atoms in total. The van der Waals surface area contributed by atoms with Crippen molar-refractivity contribution in [1.29, 1.82) is 0 Å². The number of esters is 3. The van der Waals surface area contributed by atoms with E-state index in [1.165, 1.54) is 167 Å². The van der Waals surface area contributed by atoms with E-state index in [0.29, 0.717) is 19.3 Å². The lowest BCUT2D eigenvalue weighted by molar-refractivity contribution is -0.167. The topological polar surface area (TPSA) is 78.9 Å². The Labute approximate surface area is 368 Å². The maximum Gasteiger partial charge on any atom is 0.306 e. The number of rotatable bonds is 46. The first kappa shape index (κ1) is 57.4. The van der Waals surface area contributed by atoms with Crippen LogP contribution in [0.1, 0.15) is 286 Å². The van der Waals surface area contributed by atoms with Gasteiger partial charge in [-0.2, -0.15) is 0 Å². The van der Waals surface area contributed by atoms with Crippen LogP contribution in [0.3, 0.4) is 0 Å². The number of unbranched alkanes of at least 4 members (excludes halogenated alkanes) is 27. The molecule has 6 heteroatoms. The van der Waals surface area contributed by atoms with Crippen molar-refractivity contribution in [1.82, 2.24) is 0 Å². The minimum atomic E-state index is -0.763. The van der Waals surface area contributed by atoms with Crippen LogP contribution in [0.4, 0.5) is 0 Å². The Balaban J connectivity index is 4.24. The van der Waals surface area contributed by atoms with Crippen LogP contribution in [-0.4, -0.2) is 37.2 Å². The van der Waals surface area contributed by atoms with E-state index in [0.717, 1.165) is 75.5 Å². The molecule has 0 radical (unpaired) electrons. The summed E-state index contributed by atoms with van der Waals surface area (Å²) >= 11 is 0. The van der Waals surface area contributed by atoms with Gasteiger partial charge in [-0.1, -0.05) is 247 Å². The molecule has 59 heavy (non-hydrogen) atoms. The molecule has 0 aliphatic rings. The zero-order chi connectivity index (χ0) is 43.4. The van der Waals surface area contributed by atoms with E-state index < -0.39 is 6.10 Å². The van der Waals surface area contributed by atoms with E-state index in [2.05, 4.69) is 41.5 Å². The van der Waals surface area contributed by atoms with Crippen LogP contribution < -0.4 is 0 Å². The smallest absolute Gasteiger partial charge is 0.306 e. The summed E-state index contributed by atoms with van der Waals surface area (Å²) in [6, 6.07) is 0. The van der Waals surface area contributed by atoms with Crippen molar-refractivity contribution < 1.29 is 28.6 Å².